The van der Waals surface area contributed by atoms with E-state index in [-0.39, 0.29) is 11.7 Å². The Morgan fingerprint density at radius 2 is 1.60 bits per heavy atom. The maximum absolute atomic E-state index is 13.9. The molecule has 0 N–H and O–H groups in total. The Bertz CT molecular complexity index is 748. The number of halogens is 1. The molecule has 0 aliphatic carbocycles. The van der Waals surface area contributed by atoms with Gasteiger partial charge in [-0.2, -0.15) is 0 Å². The van der Waals surface area contributed by atoms with E-state index >= 15 is 0 Å². The highest BCUT2D eigenvalue weighted by Crippen LogP contribution is 2.28. The van der Waals surface area contributed by atoms with Crippen molar-refractivity contribution in [1.82, 2.24) is 4.90 Å². The van der Waals surface area contributed by atoms with Gasteiger partial charge >= 0.3 is 0 Å². The van der Waals surface area contributed by atoms with Gasteiger partial charge in [0.15, 0.2) is 23.1 Å². The fourth-order valence-corrected chi connectivity index (χ4v) is 2.51. The van der Waals surface area contributed by atoms with Crippen LogP contribution in [0.4, 0.5) is 4.39 Å². The number of rotatable bonds is 7. The maximum Gasteiger partial charge on any atom is 0.254 e. The van der Waals surface area contributed by atoms with Crippen LogP contribution in [0.1, 0.15) is 22.8 Å². The van der Waals surface area contributed by atoms with E-state index in [9.17, 15) is 9.18 Å². The molecule has 0 fully saturated rings. The van der Waals surface area contributed by atoms with Crippen LogP contribution in [-0.4, -0.2) is 38.7 Å². The van der Waals surface area contributed by atoms with E-state index < -0.39 is 5.82 Å². The number of amides is 1. The lowest BCUT2D eigenvalue weighted by Crippen LogP contribution is -2.30. The van der Waals surface area contributed by atoms with Gasteiger partial charge in [0.05, 0.1) is 21.3 Å². The summed E-state index contributed by atoms with van der Waals surface area (Å²) in [5, 5.41) is 0. The van der Waals surface area contributed by atoms with Crippen LogP contribution in [-0.2, 0) is 6.54 Å². The van der Waals surface area contributed by atoms with E-state index in [2.05, 4.69) is 0 Å². The number of hydrogen-bond acceptors (Lipinski definition) is 4. The standard InChI is InChI=1S/C19H22FNO4/c1-5-21(12-13-6-8-16(23-2)15(20)10-13)19(22)14-7-9-17(24-3)18(11-14)25-4/h6-11H,5,12H2,1-4H3. The highest BCUT2D eigenvalue weighted by atomic mass is 19.1. The Balaban J connectivity index is 2.22. The number of methoxy groups -OCH3 is 3. The minimum absolute atomic E-state index is 0.167. The molecule has 0 saturated heterocycles. The summed E-state index contributed by atoms with van der Waals surface area (Å²) in [5.41, 5.74) is 1.17. The number of carbonyl (C=O) groups is 1. The minimum Gasteiger partial charge on any atom is -0.494 e. The molecule has 25 heavy (non-hydrogen) atoms. The molecule has 0 radical (unpaired) electrons. The van der Waals surface area contributed by atoms with Gasteiger partial charge in [-0.3, -0.25) is 4.79 Å². The van der Waals surface area contributed by atoms with Gasteiger partial charge in [-0.05, 0) is 42.8 Å². The van der Waals surface area contributed by atoms with Crippen molar-refractivity contribution >= 4 is 5.91 Å². The first-order chi connectivity index (χ1) is 12.0. The summed E-state index contributed by atoms with van der Waals surface area (Å²) in [4.78, 5) is 14.4. The van der Waals surface area contributed by atoms with E-state index in [0.717, 1.165) is 0 Å². The Hall–Kier alpha value is -2.76. The lowest BCUT2D eigenvalue weighted by atomic mass is 10.1. The van der Waals surface area contributed by atoms with Crippen molar-refractivity contribution in [2.75, 3.05) is 27.9 Å². The SMILES string of the molecule is CCN(Cc1ccc(OC)c(F)c1)C(=O)c1ccc(OC)c(OC)c1. The van der Waals surface area contributed by atoms with Gasteiger partial charge in [-0.15, -0.1) is 0 Å². The second-order valence-electron chi connectivity index (χ2n) is 5.36. The zero-order chi connectivity index (χ0) is 18.4. The molecule has 6 heteroatoms. The van der Waals surface area contributed by atoms with Crippen molar-refractivity contribution in [3.63, 3.8) is 0 Å². The van der Waals surface area contributed by atoms with E-state index in [0.29, 0.717) is 35.7 Å². The van der Waals surface area contributed by atoms with Crippen LogP contribution in [0, 0.1) is 5.82 Å². The lowest BCUT2D eigenvalue weighted by Gasteiger charge is -2.22. The predicted octanol–water partition coefficient (Wildman–Crippen LogP) is 3.51. The van der Waals surface area contributed by atoms with Crippen molar-refractivity contribution in [2.24, 2.45) is 0 Å². The molecule has 0 unspecified atom stereocenters. The van der Waals surface area contributed by atoms with E-state index in [4.69, 9.17) is 14.2 Å². The first-order valence-electron chi connectivity index (χ1n) is 7.87. The zero-order valence-corrected chi connectivity index (χ0v) is 14.8. The Kier molecular flexibility index (Phi) is 6.22. The number of carbonyl (C=O) groups excluding carboxylic acids is 1. The molecule has 0 spiro atoms. The molecule has 5 nitrogen and oxygen atoms in total. The van der Waals surface area contributed by atoms with Gasteiger partial charge in [0.1, 0.15) is 0 Å². The number of benzene rings is 2. The molecular formula is C19H22FNO4. The van der Waals surface area contributed by atoms with Gasteiger partial charge in [0.2, 0.25) is 0 Å². The average molecular weight is 347 g/mol. The summed E-state index contributed by atoms with van der Waals surface area (Å²) in [7, 11) is 4.47. The summed E-state index contributed by atoms with van der Waals surface area (Å²) in [6.45, 7) is 2.66. The van der Waals surface area contributed by atoms with Crippen molar-refractivity contribution in [1.29, 1.82) is 0 Å². The highest BCUT2D eigenvalue weighted by molar-refractivity contribution is 5.94. The van der Waals surface area contributed by atoms with Crippen molar-refractivity contribution in [3.05, 3.63) is 53.3 Å². The first kappa shape index (κ1) is 18.6. The second-order valence-corrected chi connectivity index (χ2v) is 5.36. The molecule has 2 aromatic carbocycles. The smallest absolute Gasteiger partial charge is 0.254 e. The van der Waals surface area contributed by atoms with Gasteiger partial charge < -0.3 is 19.1 Å². The Morgan fingerprint density at radius 1 is 0.960 bits per heavy atom. The third-order valence-corrected chi connectivity index (χ3v) is 3.89. The third-order valence-electron chi connectivity index (χ3n) is 3.89. The lowest BCUT2D eigenvalue weighted by molar-refractivity contribution is 0.0752. The molecule has 0 aliphatic heterocycles. The molecule has 0 atom stereocenters. The molecule has 2 aromatic rings. The van der Waals surface area contributed by atoms with Crippen LogP contribution >= 0.6 is 0 Å². The number of hydrogen-bond donors (Lipinski definition) is 0. The predicted molar refractivity (Wildman–Crippen MR) is 92.9 cm³/mol. The second kappa shape index (κ2) is 8.37. The van der Waals surface area contributed by atoms with Crippen LogP contribution in [0.25, 0.3) is 0 Å². The molecule has 0 aliphatic rings. The maximum atomic E-state index is 13.9. The van der Waals surface area contributed by atoms with Crippen LogP contribution in [0.15, 0.2) is 36.4 Å². The van der Waals surface area contributed by atoms with Crippen molar-refractivity contribution in [3.8, 4) is 17.2 Å². The Morgan fingerprint density at radius 3 is 2.16 bits per heavy atom. The molecule has 0 heterocycles. The van der Waals surface area contributed by atoms with Gasteiger partial charge in [-0.25, -0.2) is 4.39 Å². The molecular weight excluding hydrogens is 325 g/mol. The summed E-state index contributed by atoms with van der Waals surface area (Å²) in [6, 6.07) is 9.68. The van der Waals surface area contributed by atoms with Crippen molar-refractivity contribution in [2.45, 2.75) is 13.5 Å². The highest BCUT2D eigenvalue weighted by Gasteiger charge is 2.17. The largest absolute Gasteiger partial charge is 0.494 e. The number of ether oxygens (including phenoxy) is 3. The molecule has 0 aromatic heterocycles. The minimum atomic E-state index is -0.449. The molecule has 1 amide bonds. The average Bonchev–Trinajstić information content (AvgIpc) is 2.65. The van der Waals surface area contributed by atoms with E-state index in [1.54, 1.807) is 35.2 Å². The van der Waals surface area contributed by atoms with Gasteiger partial charge in [0, 0.05) is 18.7 Å². The zero-order valence-electron chi connectivity index (χ0n) is 14.8. The molecule has 134 valence electrons. The Labute approximate surface area is 146 Å². The summed E-state index contributed by atoms with van der Waals surface area (Å²) in [6.07, 6.45) is 0. The molecule has 2 rings (SSSR count). The number of nitrogens with zero attached hydrogens (tertiary/aromatic N) is 1. The van der Waals surface area contributed by atoms with Crippen LogP contribution in [0.5, 0.6) is 17.2 Å². The topological polar surface area (TPSA) is 48.0 Å². The van der Waals surface area contributed by atoms with Gasteiger partial charge in [-0.1, -0.05) is 6.07 Å². The van der Waals surface area contributed by atoms with Gasteiger partial charge in [0.25, 0.3) is 5.91 Å². The van der Waals surface area contributed by atoms with E-state index in [1.807, 2.05) is 6.92 Å². The fourth-order valence-electron chi connectivity index (χ4n) is 2.51. The quantitative estimate of drug-likeness (QED) is 0.769. The normalized spacial score (nSPS) is 10.3. The van der Waals surface area contributed by atoms with Crippen molar-refractivity contribution < 1.29 is 23.4 Å². The summed E-state index contributed by atoms with van der Waals surface area (Å²) < 4.78 is 29.2. The summed E-state index contributed by atoms with van der Waals surface area (Å²) in [5.74, 6) is 0.603. The van der Waals surface area contributed by atoms with Crippen LogP contribution < -0.4 is 14.2 Å². The first-order valence-corrected chi connectivity index (χ1v) is 7.87. The van der Waals surface area contributed by atoms with Crippen LogP contribution in [0.2, 0.25) is 0 Å². The van der Waals surface area contributed by atoms with Crippen LogP contribution in [0.3, 0.4) is 0 Å². The van der Waals surface area contributed by atoms with E-state index in [1.165, 1.54) is 27.4 Å². The molecule has 0 saturated carbocycles. The monoisotopic (exact) mass is 347 g/mol. The third kappa shape index (κ3) is 4.21. The fraction of sp³-hybridized carbons (Fsp3) is 0.316. The summed E-state index contributed by atoms with van der Waals surface area (Å²) >= 11 is 0. The molecule has 0 bridgehead atoms.